The summed E-state index contributed by atoms with van der Waals surface area (Å²) in [5.74, 6) is -0.102. The van der Waals surface area contributed by atoms with Gasteiger partial charge in [0, 0.05) is 11.3 Å². The van der Waals surface area contributed by atoms with Crippen molar-refractivity contribution in [3.8, 4) is 0 Å². The van der Waals surface area contributed by atoms with Crippen molar-refractivity contribution >= 4 is 16.7 Å². The lowest BCUT2D eigenvalue weighted by Crippen LogP contribution is -2.23. The van der Waals surface area contributed by atoms with Gasteiger partial charge in [-0.3, -0.25) is 4.79 Å². The fraction of sp³-hybridized carbons (Fsp3) is 0.0625. The average molecular weight is 251 g/mol. The first-order valence-corrected chi connectivity index (χ1v) is 6.12. The lowest BCUT2D eigenvalue weighted by molar-refractivity contribution is 0.0968. The standard InChI is InChI=1S/C16H13NO2/c18-16(17-13-8-10-19-11-9-13)15-7-3-5-12-4-1-2-6-14(12)15/h1-10H,11H2,(H,17,18). The number of fused-ring (bicyclic) bond motifs is 1. The minimum atomic E-state index is -0.102. The van der Waals surface area contributed by atoms with E-state index in [1.54, 1.807) is 12.3 Å². The van der Waals surface area contributed by atoms with Gasteiger partial charge < -0.3 is 10.1 Å². The Morgan fingerprint density at radius 2 is 1.95 bits per heavy atom. The van der Waals surface area contributed by atoms with Crippen LogP contribution in [0.3, 0.4) is 0 Å². The number of nitrogens with one attached hydrogen (secondary N) is 1. The third-order valence-electron chi connectivity index (χ3n) is 3.04. The highest BCUT2D eigenvalue weighted by molar-refractivity contribution is 6.07. The second-order valence-electron chi connectivity index (χ2n) is 4.28. The Morgan fingerprint density at radius 1 is 1.11 bits per heavy atom. The van der Waals surface area contributed by atoms with Gasteiger partial charge in [0.1, 0.15) is 6.61 Å². The minimum absolute atomic E-state index is 0.102. The van der Waals surface area contributed by atoms with Crippen LogP contribution in [-0.2, 0) is 4.74 Å². The number of carbonyl (C=O) groups is 1. The van der Waals surface area contributed by atoms with Crippen LogP contribution in [0, 0.1) is 0 Å². The molecule has 1 heterocycles. The lowest BCUT2D eigenvalue weighted by atomic mass is 10.0. The number of ether oxygens (including phenoxy) is 1. The van der Waals surface area contributed by atoms with Crippen molar-refractivity contribution in [2.24, 2.45) is 0 Å². The van der Waals surface area contributed by atoms with Gasteiger partial charge in [0.15, 0.2) is 0 Å². The highest BCUT2D eigenvalue weighted by Crippen LogP contribution is 2.18. The summed E-state index contributed by atoms with van der Waals surface area (Å²) in [4.78, 5) is 12.3. The van der Waals surface area contributed by atoms with Gasteiger partial charge >= 0.3 is 0 Å². The largest absolute Gasteiger partial charge is 0.497 e. The predicted octanol–water partition coefficient (Wildman–Crippen LogP) is 3.00. The molecule has 1 aliphatic heterocycles. The molecule has 94 valence electrons. The van der Waals surface area contributed by atoms with E-state index in [0.29, 0.717) is 12.2 Å². The molecule has 0 aromatic heterocycles. The number of carbonyl (C=O) groups excluding carboxylic acids is 1. The fourth-order valence-electron chi connectivity index (χ4n) is 2.10. The highest BCUT2D eigenvalue weighted by Gasteiger charge is 2.10. The van der Waals surface area contributed by atoms with Crippen molar-refractivity contribution < 1.29 is 9.53 Å². The first-order valence-electron chi connectivity index (χ1n) is 6.12. The molecule has 19 heavy (non-hydrogen) atoms. The molecule has 0 bridgehead atoms. The molecule has 2 aromatic carbocycles. The van der Waals surface area contributed by atoms with Crippen molar-refractivity contribution in [1.82, 2.24) is 5.32 Å². The summed E-state index contributed by atoms with van der Waals surface area (Å²) in [5.41, 5.74) is 1.45. The van der Waals surface area contributed by atoms with Crippen LogP contribution < -0.4 is 5.32 Å². The number of amides is 1. The fourth-order valence-corrected chi connectivity index (χ4v) is 2.10. The second-order valence-corrected chi connectivity index (χ2v) is 4.28. The summed E-state index contributed by atoms with van der Waals surface area (Å²) in [5, 5.41) is 4.90. The number of benzene rings is 2. The first-order chi connectivity index (χ1) is 9.34. The van der Waals surface area contributed by atoms with Crippen LogP contribution in [0.5, 0.6) is 0 Å². The summed E-state index contributed by atoms with van der Waals surface area (Å²) in [6.45, 7) is 0.488. The van der Waals surface area contributed by atoms with Gasteiger partial charge in [-0.15, -0.1) is 0 Å². The molecule has 1 amide bonds. The molecule has 2 aromatic rings. The number of hydrogen-bond donors (Lipinski definition) is 1. The summed E-state index contributed by atoms with van der Waals surface area (Å²) < 4.78 is 5.05. The van der Waals surface area contributed by atoms with E-state index in [0.717, 1.165) is 16.5 Å². The van der Waals surface area contributed by atoms with Crippen molar-refractivity contribution in [2.75, 3.05) is 6.61 Å². The molecule has 3 rings (SSSR count). The number of allylic oxidation sites excluding steroid dienone is 1. The zero-order valence-corrected chi connectivity index (χ0v) is 10.3. The van der Waals surface area contributed by atoms with Gasteiger partial charge in [-0.2, -0.15) is 0 Å². The molecule has 3 heteroatoms. The first kappa shape index (κ1) is 11.5. The normalized spacial score (nSPS) is 13.8. The van der Waals surface area contributed by atoms with E-state index in [4.69, 9.17) is 4.74 Å². The molecular weight excluding hydrogens is 238 g/mol. The van der Waals surface area contributed by atoms with E-state index < -0.39 is 0 Å². The Kier molecular flexibility index (Phi) is 3.02. The Morgan fingerprint density at radius 3 is 2.79 bits per heavy atom. The predicted molar refractivity (Wildman–Crippen MR) is 74.6 cm³/mol. The minimum Gasteiger partial charge on any atom is -0.497 e. The quantitative estimate of drug-likeness (QED) is 0.891. The second kappa shape index (κ2) is 4.98. The van der Waals surface area contributed by atoms with Gasteiger partial charge in [-0.1, -0.05) is 36.4 Å². The van der Waals surface area contributed by atoms with E-state index in [-0.39, 0.29) is 5.91 Å². The summed E-state index contributed by atoms with van der Waals surface area (Å²) in [7, 11) is 0. The van der Waals surface area contributed by atoms with Crippen LogP contribution in [0.15, 0.2) is 66.6 Å². The maximum atomic E-state index is 12.3. The molecule has 0 spiro atoms. The van der Waals surface area contributed by atoms with Crippen molar-refractivity contribution in [1.29, 1.82) is 0 Å². The molecule has 0 radical (unpaired) electrons. The molecular formula is C16H13NO2. The maximum Gasteiger partial charge on any atom is 0.256 e. The maximum absolute atomic E-state index is 12.3. The molecule has 1 aliphatic rings. The third-order valence-corrected chi connectivity index (χ3v) is 3.04. The average Bonchev–Trinajstić information content (AvgIpc) is 2.47. The van der Waals surface area contributed by atoms with Crippen molar-refractivity contribution in [3.05, 3.63) is 72.1 Å². The van der Waals surface area contributed by atoms with Crippen LogP contribution in [-0.4, -0.2) is 12.5 Å². The Balaban J connectivity index is 1.93. The topological polar surface area (TPSA) is 38.3 Å². The lowest BCUT2D eigenvalue weighted by Gasteiger charge is -2.11. The van der Waals surface area contributed by atoms with E-state index in [9.17, 15) is 4.79 Å². The smallest absolute Gasteiger partial charge is 0.256 e. The molecule has 0 aliphatic carbocycles. The van der Waals surface area contributed by atoms with Crippen LogP contribution in [0.25, 0.3) is 10.8 Å². The number of hydrogen-bond acceptors (Lipinski definition) is 2. The third kappa shape index (κ3) is 2.36. The zero-order chi connectivity index (χ0) is 13.1. The molecule has 0 saturated carbocycles. The van der Waals surface area contributed by atoms with E-state index in [1.165, 1.54) is 0 Å². The van der Waals surface area contributed by atoms with Gasteiger partial charge in [0.2, 0.25) is 0 Å². The van der Waals surface area contributed by atoms with Gasteiger partial charge in [0.25, 0.3) is 5.91 Å². The Bertz CT molecular complexity index is 681. The van der Waals surface area contributed by atoms with Gasteiger partial charge in [-0.05, 0) is 29.0 Å². The van der Waals surface area contributed by atoms with E-state index >= 15 is 0 Å². The molecule has 0 unspecified atom stereocenters. The van der Waals surface area contributed by atoms with Crippen molar-refractivity contribution in [2.45, 2.75) is 0 Å². The van der Waals surface area contributed by atoms with Crippen LogP contribution in [0.1, 0.15) is 10.4 Å². The van der Waals surface area contributed by atoms with Crippen LogP contribution in [0.2, 0.25) is 0 Å². The highest BCUT2D eigenvalue weighted by atomic mass is 16.5. The Labute approximate surface area is 111 Å². The van der Waals surface area contributed by atoms with Crippen LogP contribution in [0.4, 0.5) is 0 Å². The van der Waals surface area contributed by atoms with Gasteiger partial charge in [-0.25, -0.2) is 0 Å². The monoisotopic (exact) mass is 251 g/mol. The number of rotatable bonds is 2. The Hall–Kier alpha value is -2.55. The molecule has 0 saturated heterocycles. The van der Waals surface area contributed by atoms with E-state index in [2.05, 4.69) is 5.32 Å². The van der Waals surface area contributed by atoms with E-state index in [1.807, 2.05) is 48.5 Å². The molecule has 0 atom stereocenters. The zero-order valence-electron chi connectivity index (χ0n) is 10.3. The van der Waals surface area contributed by atoms with Crippen LogP contribution >= 0.6 is 0 Å². The molecule has 0 fully saturated rings. The molecule has 1 N–H and O–H groups in total. The molecule has 3 nitrogen and oxygen atoms in total. The SMILES string of the molecule is O=C(NC1=CCOC=C1)c1cccc2ccccc12. The summed E-state index contributed by atoms with van der Waals surface area (Å²) in [6.07, 6.45) is 5.16. The van der Waals surface area contributed by atoms with Gasteiger partial charge in [0.05, 0.1) is 6.26 Å². The van der Waals surface area contributed by atoms with Crippen molar-refractivity contribution in [3.63, 3.8) is 0 Å². The summed E-state index contributed by atoms with van der Waals surface area (Å²) >= 11 is 0. The summed E-state index contributed by atoms with van der Waals surface area (Å²) in [6, 6.07) is 13.6.